The van der Waals surface area contributed by atoms with Crippen LogP contribution in [0.4, 0.5) is 0 Å². The van der Waals surface area contributed by atoms with E-state index in [4.69, 9.17) is 9.84 Å². The third-order valence-electron chi connectivity index (χ3n) is 2.43. The first-order chi connectivity index (χ1) is 6.33. The van der Waals surface area contributed by atoms with E-state index in [-0.39, 0.29) is 6.10 Å². The summed E-state index contributed by atoms with van der Waals surface area (Å²) in [7, 11) is 0. The molecule has 0 spiro atoms. The molecule has 1 aliphatic carbocycles. The van der Waals surface area contributed by atoms with Crippen molar-refractivity contribution < 1.29 is 9.84 Å². The van der Waals surface area contributed by atoms with E-state index >= 15 is 0 Å². The third-order valence-corrected chi connectivity index (χ3v) is 2.43. The topological polar surface area (TPSA) is 41.5 Å². The Balaban J connectivity index is 1.74. The Kier molecular flexibility index (Phi) is 5.35. The molecule has 1 aliphatic rings. The predicted octanol–water partition coefficient (Wildman–Crippen LogP) is 0.916. The van der Waals surface area contributed by atoms with E-state index in [0.29, 0.717) is 6.04 Å². The summed E-state index contributed by atoms with van der Waals surface area (Å²) in [5.74, 6) is 0. The molecular weight excluding hydrogens is 166 g/mol. The maximum absolute atomic E-state index is 9.02. The van der Waals surface area contributed by atoms with Crippen molar-refractivity contribution in [2.24, 2.45) is 0 Å². The molecule has 3 heteroatoms. The van der Waals surface area contributed by atoms with Crippen LogP contribution in [0.3, 0.4) is 0 Å². The van der Waals surface area contributed by atoms with Gasteiger partial charge in [0, 0.05) is 19.2 Å². The lowest BCUT2D eigenvalue weighted by molar-refractivity contribution is 0.0563. The molecule has 0 bridgehead atoms. The van der Waals surface area contributed by atoms with Crippen LogP contribution in [0.1, 0.15) is 32.6 Å². The summed E-state index contributed by atoms with van der Waals surface area (Å²) in [5.41, 5.74) is 0. The second-order valence-electron chi connectivity index (χ2n) is 3.74. The highest BCUT2D eigenvalue weighted by Crippen LogP contribution is 2.18. The Morgan fingerprint density at radius 3 is 2.77 bits per heavy atom. The molecule has 0 atom stereocenters. The van der Waals surface area contributed by atoms with Crippen molar-refractivity contribution in [3.8, 4) is 0 Å². The molecule has 0 radical (unpaired) electrons. The van der Waals surface area contributed by atoms with Gasteiger partial charge in [-0.25, -0.2) is 0 Å². The average Bonchev–Trinajstić information content (AvgIpc) is 2.07. The highest BCUT2D eigenvalue weighted by molar-refractivity contribution is 4.84. The lowest BCUT2D eigenvalue weighted by Crippen LogP contribution is -2.45. The van der Waals surface area contributed by atoms with Crippen molar-refractivity contribution in [3.05, 3.63) is 0 Å². The summed E-state index contributed by atoms with van der Waals surface area (Å²) in [6, 6.07) is 0.532. The van der Waals surface area contributed by atoms with Gasteiger partial charge in [-0.3, -0.25) is 0 Å². The first kappa shape index (κ1) is 11.0. The zero-order valence-electron chi connectivity index (χ0n) is 8.46. The highest BCUT2D eigenvalue weighted by atomic mass is 16.5. The van der Waals surface area contributed by atoms with E-state index in [2.05, 4.69) is 12.2 Å². The molecular formula is C10H21NO2. The first-order valence-electron chi connectivity index (χ1n) is 5.32. The quantitative estimate of drug-likeness (QED) is 0.582. The SMILES string of the molecule is CCCCOCCNC1CC(O)C1. The molecule has 1 saturated carbocycles. The standard InChI is InChI=1S/C10H21NO2/c1-2-3-5-13-6-4-11-9-7-10(12)8-9/h9-12H,2-8H2,1H3. The Labute approximate surface area is 80.5 Å². The van der Waals surface area contributed by atoms with Gasteiger partial charge in [0.1, 0.15) is 0 Å². The van der Waals surface area contributed by atoms with Crippen LogP contribution in [0.15, 0.2) is 0 Å². The maximum Gasteiger partial charge on any atom is 0.0591 e. The van der Waals surface area contributed by atoms with Crippen molar-refractivity contribution >= 4 is 0 Å². The van der Waals surface area contributed by atoms with Crippen molar-refractivity contribution in [1.29, 1.82) is 0 Å². The summed E-state index contributed by atoms with van der Waals surface area (Å²) in [5, 5.41) is 12.4. The molecule has 2 N–H and O–H groups in total. The minimum absolute atomic E-state index is 0.0569. The number of aliphatic hydroxyl groups excluding tert-OH is 1. The molecule has 0 amide bonds. The molecule has 0 aromatic carbocycles. The molecule has 0 aliphatic heterocycles. The number of nitrogens with one attached hydrogen (secondary N) is 1. The number of rotatable bonds is 7. The van der Waals surface area contributed by atoms with Crippen LogP contribution in [0.25, 0.3) is 0 Å². The van der Waals surface area contributed by atoms with E-state index < -0.39 is 0 Å². The van der Waals surface area contributed by atoms with Gasteiger partial charge in [-0.1, -0.05) is 13.3 Å². The van der Waals surface area contributed by atoms with Crippen molar-refractivity contribution in [2.45, 2.75) is 44.8 Å². The predicted molar refractivity (Wildman–Crippen MR) is 52.8 cm³/mol. The fourth-order valence-corrected chi connectivity index (χ4v) is 1.44. The summed E-state index contributed by atoms with van der Waals surface area (Å²) >= 11 is 0. The highest BCUT2D eigenvalue weighted by Gasteiger charge is 2.25. The van der Waals surface area contributed by atoms with E-state index in [1.54, 1.807) is 0 Å². The summed E-state index contributed by atoms with van der Waals surface area (Å²) in [4.78, 5) is 0. The van der Waals surface area contributed by atoms with Crippen LogP contribution >= 0.6 is 0 Å². The zero-order valence-corrected chi connectivity index (χ0v) is 8.46. The molecule has 78 valence electrons. The average molecular weight is 187 g/mol. The van der Waals surface area contributed by atoms with E-state index in [1.807, 2.05) is 0 Å². The lowest BCUT2D eigenvalue weighted by atomic mass is 9.90. The minimum atomic E-state index is -0.0569. The van der Waals surface area contributed by atoms with Crippen LogP contribution in [0, 0.1) is 0 Å². The van der Waals surface area contributed by atoms with Gasteiger partial charge in [-0.15, -0.1) is 0 Å². The van der Waals surface area contributed by atoms with Crippen molar-refractivity contribution in [1.82, 2.24) is 5.32 Å². The fourth-order valence-electron chi connectivity index (χ4n) is 1.44. The van der Waals surface area contributed by atoms with Crippen LogP contribution < -0.4 is 5.32 Å². The third kappa shape index (κ3) is 4.60. The van der Waals surface area contributed by atoms with Crippen LogP contribution in [-0.2, 0) is 4.74 Å². The Bertz CT molecular complexity index is 124. The number of hydrogen-bond acceptors (Lipinski definition) is 3. The first-order valence-corrected chi connectivity index (χ1v) is 5.32. The fraction of sp³-hybridized carbons (Fsp3) is 1.00. The second kappa shape index (κ2) is 6.35. The van der Waals surface area contributed by atoms with E-state index in [1.165, 1.54) is 6.42 Å². The van der Waals surface area contributed by atoms with Crippen LogP contribution in [0.5, 0.6) is 0 Å². The maximum atomic E-state index is 9.02. The Hall–Kier alpha value is -0.120. The largest absolute Gasteiger partial charge is 0.393 e. The number of aliphatic hydroxyl groups is 1. The minimum Gasteiger partial charge on any atom is -0.393 e. The molecule has 0 heterocycles. The molecule has 13 heavy (non-hydrogen) atoms. The van der Waals surface area contributed by atoms with Crippen LogP contribution in [-0.4, -0.2) is 37.0 Å². The van der Waals surface area contributed by atoms with Crippen LogP contribution in [0.2, 0.25) is 0 Å². The molecule has 3 nitrogen and oxygen atoms in total. The summed E-state index contributed by atoms with van der Waals surface area (Å²) < 4.78 is 5.39. The van der Waals surface area contributed by atoms with Gasteiger partial charge in [0.2, 0.25) is 0 Å². The van der Waals surface area contributed by atoms with Gasteiger partial charge < -0.3 is 15.2 Å². The lowest BCUT2D eigenvalue weighted by Gasteiger charge is -2.32. The molecule has 0 saturated heterocycles. The number of unbranched alkanes of at least 4 members (excludes halogenated alkanes) is 1. The van der Waals surface area contributed by atoms with Gasteiger partial charge in [-0.2, -0.15) is 0 Å². The monoisotopic (exact) mass is 187 g/mol. The normalized spacial score (nSPS) is 27.2. The molecule has 1 rings (SSSR count). The Morgan fingerprint density at radius 1 is 1.38 bits per heavy atom. The molecule has 0 aromatic heterocycles. The summed E-state index contributed by atoms with van der Waals surface area (Å²) in [6.07, 6.45) is 4.12. The second-order valence-corrected chi connectivity index (χ2v) is 3.74. The number of ether oxygens (including phenoxy) is 1. The van der Waals surface area contributed by atoms with Crippen molar-refractivity contribution in [2.75, 3.05) is 19.8 Å². The number of hydrogen-bond donors (Lipinski definition) is 2. The van der Waals surface area contributed by atoms with E-state index in [9.17, 15) is 0 Å². The van der Waals surface area contributed by atoms with Gasteiger partial charge in [0.15, 0.2) is 0 Å². The van der Waals surface area contributed by atoms with Gasteiger partial charge in [0.25, 0.3) is 0 Å². The summed E-state index contributed by atoms with van der Waals surface area (Å²) in [6.45, 7) is 4.76. The van der Waals surface area contributed by atoms with Gasteiger partial charge in [0.05, 0.1) is 12.7 Å². The zero-order chi connectivity index (χ0) is 9.52. The Morgan fingerprint density at radius 2 is 2.15 bits per heavy atom. The molecule has 0 unspecified atom stereocenters. The van der Waals surface area contributed by atoms with Crippen molar-refractivity contribution in [3.63, 3.8) is 0 Å². The van der Waals surface area contributed by atoms with Gasteiger partial charge in [-0.05, 0) is 19.3 Å². The van der Waals surface area contributed by atoms with E-state index in [0.717, 1.165) is 39.0 Å². The van der Waals surface area contributed by atoms with Gasteiger partial charge >= 0.3 is 0 Å². The molecule has 1 fully saturated rings. The molecule has 0 aromatic rings. The smallest absolute Gasteiger partial charge is 0.0591 e.